The van der Waals surface area contributed by atoms with Crippen molar-refractivity contribution in [2.45, 2.75) is 38.8 Å². The Labute approximate surface area is 107 Å². The van der Waals surface area contributed by atoms with Gasteiger partial charge < -0.3 is 20.1 Å². The lowest BCUT2D eigenvalue weighted by Crippen LogP contribution is -2.53. The van der Waals surface area contributed by atoms with Crippen LogP contribution in [-0.4, -0.2) is 54.4 Å². The van der Waals surface area contributed by atoms with Crippen LogP contribution in [0.25, 0.3) is 0 Å². The molecule has 2 atom stereocenters. The van der Waals surface area contributed by atoms with Crippen LogP contribution >= 0.6 is 0 Å². The number of hydrogen-bond acceptors (Lipinski definition) is 4. The van der Waals surface area contributed by atoms with Gasteiger partial charge in [0.25, 0.3) is 0 Å². The van der Waals surface area contributed by atoms with E-state index in [0.29, 0.717) is 6.54 Å². The lowest BCUT2D eigenvalue weighted by Gasteiger charge is -2.29. The average molecular weight is 258 g/mol. The number of methoxy groups -OCH3 is 1. The predicted molar refractivity (Wildman–Crippen MR) is 66.0 cm³/mol. The summed E-state index contributed by atoms with van der Waals surface area (Å²) in [6, 6.07) is -0.734. The van der Waals surface area contributed by atoms with Crippen LogP contribution in [-0.2, 0) is 9.53 Å². The normalized spacial score (nSPS) is 20.9. The van der Waals surface area contributed by atoms with Gasteiger partial charge in [-0.25, -0.2) is 4.79 Å². The number of alkyl carbamates (subject to hydrolysis) is 1. The first-order chi connectivity index (χ1) is 8.51. The minimum atomic E-state index is -0.609. The number of ether oxygens (including phenoxy) is 1. The second-order valence-electron chi connectivity index (χ2n) is 4.87. The topological polar surface area (TPSA) is 78.9 Å². The van der Waals surface area contributed by atoms with Crippen LogP contribution in [0.2, 0.25) is 0 Å². The van der Waals surface area contributed by atoms with Crippen LogP contribution in [0.4, 0.5) is 4.79 Å². The molecule has 0 aromatic rings. The third-order valence-electron chi connectivity index (χ3n) is 3.26. The molecule has 1 fully saturated rings. The summed E-state index contributed by atoms with van der Waals surface area (Å²) in [4.78, 5) is 25.2. The van der Waals surface area contributed by atoms with Gasteiger partial charge in [-0.3, -0.25) is 4.79 Å². The van der Waals surface area contributed by atoms with Crippen molar-refractivity contribution in [3.8, 4) is 0 Å². The fourth-order valence-corrected chi connectivity index (χ4v) is 2.19. The molecule has 0 saturated carbocycles. The largest absolute Gasteiger partial charge is 0.453 e. The number of nitrogens with one attached hydrogen (secondary N) is 1. The van der Waals surface area contributed by atoms with Gasteiger partial charge in [-0.1, -0.05) is 13.8 Å². The maximum absolute atomic E-state index is 12.4. The number of aliphatic hydroxyl groups excluding tert-OH is 1. The lowest BCUT2D eigenvalue weighted by atomic mass is 10.0. The third-order valence-corrected chi connectivity index (χ3v) is 3.26. The van der Waals surface area contributed by atoms with E-state index in [-0.39, 0.29) is 24.5 Å². The second kappa shape index (κ2) is 6.58. The van der Waals surface area contributed by atoms with E-state index in [1.54, 1.807) is 4.90 Å². The SMILES string of the molecule is COC(=O)NC(C(=O)N1CCCC1CO)C(C)C. The molecule has 0 spiro atoms. The number of aliphatic hydroxyl groups is 1. The van der Waals surface area contributed by atoms with Crippen LogP contribution in [0, 0.1) is 5.92 Å². The zero-order valence-electron chi connectivity index (χ0n) is 11.2. The molecule has 18 heavy (non-hydrogen) atoms. The van der Waals surface area contributed by atoms with E-state index in [2.05, 4.69) is 10.1 Å². The van der Waals surface area contributed by atoms with Crippen molar-refractivity contribution in [3.05, 3.63) is 0 Å². The molecule has 104 valence electrons. The molecule has 0 bridgehead atoms. The highest BCUT2D eigenvalue weighted by Gasteiger charge is 2.34. The van der Waals surface area contributed by atoms with Crippen molar-refractivity contribution >= 4 is 12.0 Å². The van der Waals surface area contributed by atoms with Crippen LogP contribution in [0.1, 0.15) is 26.7 Å². The molecule has 0 aromatic carbocycles. The van der Waals surface area contributed by atoms with Gasteiger partial charge in [-0.15, -0.1) is 0 Å². The molecular weight excluding hydrogens is 236 g/mol. The molecule has 0 aromatic heterocycles. The van der Waals surface area contributed by atoms with Gasteiger partial charge in [0.2, 0.25) is 5.91 Å². The second-order valence-corrected chi connectivity index (χ2v) is 4.87. The number of likely N-dealkylation sites (tertiary alicyclic amines) is 1. The molecule has 6 heteroatoms. The van der Waals surface area contributed by atoms with Crippen molar-refractivity contribution in [1.29, 1.82) is 0 Å². The minimum absolute atomic E-state index is 0.0310. The predicted octanol–water partition coefficient (Wildman–Crippen LogP) is 0.350. The molecule has 1 aliphatic rings. The molecule has 6 nitrogen and oxygen atoms in total. The Morgan fingerprint density at radius 3 is 2.67 bits per heavy atom. The third kappa shape index (κ3) is 3.35. The summed E-state index contributed by atoms with van der Waals surface area (Å²) in [5, 5.41) is 11.8. The summed E-state index contributed by atoms with van der Waals surface area (Å²) in [6.07, 6.45) is 1.09. The van der Waals surface area contributed by atoms with E-state index in [0.717, 1.165) is 12.8 Å². The average Bonchev–Trinajstić information content (AvgIpc) is 2.82. The number of carbonyl (C=O) groups is 2. The minimum Gasteiger partial charge on any atom is -0.453 e. The highest BCUT2D eigenvalue weighted by atomic mass is 16.5. The number of hydrogen-bond donors (Lipinski definition) is 2. The van der Waals surface area contributed by atoms with Gasteiger partial charge in [-0.2, -0.15) is 0 Å². The number of nitrogens with zero attached hydrogens (tertiary/aromatic N) is 1. The van der Waals surface area contributed by atoms with E-state index in [1.165, 1.54) is 7.11 Å². The van der Waals surface area contributed by atoms with Gasteiger partial charge in [0.15, 0.2) is 0 Å². The molecule has 1 heterocycles. The summed E-state index contributed by atoms with van der Waals surface area (Å²) < 4.78 is 4.53. The quantitative estimate of drug-likeness (QED) is 0.762. The molecule has 2 N–H and O–H groups in total. The number of amides is 2. The smallest absolute Gasteiger partial charge is 0.407 e. The maximum Gasteiger partial charge on any atom is 0.407 e. The molecule has 2 amide bonds. The van der Waals surface area contributed by atoms with Crippen molar-refractivity contribution in [3.63, 3.8) is 0 Å². The van der Waals surface area contributed by atoms with Gasteiger partial charge in [0.1, 0.15) is 6.04 Å². The van der Waals surface area contributed by atoms with Gasteiger partial charge in [-0.05, 0) is 18.8 Å². The van der Waals surface area contributed by atoms with Crippen LogP contribution in [0.3, 0.4) is 0 Å². The zero-order valence-corrected chi connectivity index (χ0v) is 11.2. The fraction of sp³-hybridized carbons (Fsp3) is 0.833. The zero-order chi connectivity index (χ0) is 13.7. The van der Waals surface area contributed by atoms with E-state index in [4.69, 9.17) is 0 Å². The van der Waals surface area contributed by atoms with E-state index in [9.17, 15) is 14.7 Å². The first kappa shape index (κ1) is 14.8. The number of rotatable bonds is 4. The highest BCUT2D eigenvalue weighted by molar-refractivity contribution is 5.86. The first-order valence-electron chi connectivity index (χ1n) is 6.27. The Hall–Kier alpha value is -1.30. The standard InChI is InChI=1S/C12H22N2O4/c1-8(2)10(13-12(17)18-3)11(16)14-6-4-5-9(14)7-15/h8-10,15H,4-7H2,1-3H3,(H,13,17). The molecule has 0 aliphatic carbocycles. The van der Waals surface area contributed by atoms with Crippen LogP contribution in [0.5, 0.6) is 0 Å². The monoisotopic (exact) mass is 258 g/mol. The van der Waals surface area contributed by atoms with Gasteiger partial charge in [0, 0.05) is 6.54 Å². The maximum atomic E-state index is 12.4. The summed E-state index contributed by atoms with van der Waals surface area (Å²) >= 11 is 0. The van der Waals surface area contributed by atoms with E-state index < -0.39 is 12.1 Å². The summed E-state index contributed by atoms with van der Waals surface area (Å²) in [5.74, 6) is -0.177. The van der Waals surface area contributed by atoms with Crippen molar-refractivity contribution < 1.29 is 19.4 Å². The lowest BCUT2D eigenvalue weighted by molar-refractivity contribution is -0.136. The van der Waals surface area contributed by atoms with Gasteiger partial charge in [0.05, 0.1) is 19.8 Å². The first-order valence-corrected chi connectivity index (χ1v) is 6.27. The number of carbonyl (C=O) groups excluding carboxylic acids is 2. The van der Waals surface area contributed by atoms with Crippen molar-refractivity contribution in [2.24, 2.45) is 5.92 Å². The highest BCUT2D eigenvalue weighted by Crippen LogP contribution is 2.19. The van der Waals surface area contributed by atoms with Gasteiger partial charge >= 0.3 is 6.09 Å². The molecule has 2 unspecified atom stereocenters. The fourth-order valence-electron chi connectivity index (χ4n) is 2.19. The van der Waals surface area contributed by atoms with Crippen molar-refractivity contribution in [1.82, 2.24) is 10.2 Å². The summed E-state index contributed by atoms with van der Waals surface area (Å²) in [7, 11) is 1.27. The molecule has 1 aliphatic heterocycles. The molecule has 1 saturated heterocycles. The Morgan fingerprint density at radius 1 is 1.50 bits per heavy atom. The Morgan fingerprint density at radius 2 is 2.17 bits per heavy atom. The molecule has 0 radical (unpaired) electrons. The van der Waals surface area contributed by atoms with Crippen molar-refractivity contribution in [2.75, 3.05) is 20.3 Å². The molecular formula is C12H22N2O4. The Bertz CT molecular complexity index is 306. The van der Waals surface area contributed by atoms with E-state index in [1.807, 2.05) is 13.8 Å². The summed E-state index contributed by atoms with van der Waals surface area (Å²) in [5.41, 5.74) is 0. The Kier molecular flexibility index (Phi) is 5.40. The van der Waals surface area contributed by atoms with E-state index >= 15 is 0 Å². The molecule has 1 rings (SSSR count). The van der Waals surface area contributed by atoms with Crippen LogP contribution < -0.4 is 5.32 Å². The van der Waals surface area contributed by atoms with Crippen LogP contribution in [0.15, 0.2) is 0 Å². The Balaban J connectivity index is 2.73. The summed E-state index contributed by atoms with van der Waals surface area (Å²) in [6.45, 7) is 4.33.